The predicted octanol–water partition coefficient (Wildman–Crippen LogP) is 3.04. The Bertz CT molecular complexity index is 822. The van der Waals surface area contributed by atoms with Crippen LogP contribution in [-0.4, -0.2) is 42.9 Å². The Morgan fingerprint density at radius 3 is 2.57 bits per heavy atom. The maximum atomic E-state index is 12.7. The molecule has 1 aromatic heterocycles. The van der Waals surface area contributed by atoms with Crippen LogP contribution in [0.1, 0.15) is 17.4 Å². The lowest BCUT2D eigenvalue weighted by molar-refractivity contribution is -0.384. The van der Waals surface area contributed by atoms with Gasteiger partial charge in [-0.2, -0.15) is 13.2 Å². The Morgan fingerprint density at radius 2 is 2.04 bits per heavy atom. The summed E-state index contributed by atoms with van der Waals surface area (Å²) in [6, 6.07) is 5.34. The number of furan rings is 1. The van der Waals surface area contributed by atoms with E-state index in [1.807, 2.05) is 19.0 Å². The molecule has 1 amide bonds. The molecule has 0 bridgehead atoms. The van der Waals surface area contributed by atoms with Gasteiger partial charge < -0.3 is 15.1 Å². The lowest BCUT2D eigenvalue weighted by Gasteiger charge is -2.22. The molecule has 28 heavy (non-hydrogen) atoms. The van der Waals surface area contributed by atoms with Crippen LogP contribution in [-0.2, 0) is 11.0 Å². The summed E-state index contributed by atoms with van der Waals surface area (Å²) in [5.74, 6) is 0.171. The average Bonchev–Trinajstić information content (AvgIpc) is 3.13. The molecule has 0 saturated heterocycles. The summed E-state index contributed by atoms with van der Waals surface area (Å²) in [5.41, 5.74) is -2.07. The predicted molar refractivity (Wildman–Crippen MR) is 94.7 cm³/mol. The SMILES string of the molecule is CN(C)[C@@H](CNC(=O)CNc1ccc(C(F)(F)F)cc1[N+](=O)[O-])c1ccco1. The molecule has 1 atom stereocenters. The van der Waals surface area contributed by atoms with Crippen LogP contribution in [0.3, 0.4) is 0 Å². The zero-order valence-electron chi connectivity index (χ0n) is 15.1. The molecule has 0 fully saturated rings. The number of alkyl halides is 3. The van der Waals surface area contributed by atoms with Gasteiger partial charge in [-0.3, -0.25) is 19.8 Å². The van der Waals surface area contributed by atoms with Crippen LogP contribution in [0.4, 0.5) is 24.5 Å². The van der Waals surface area contributed by atoms with Gasteiger partial charge in [-0.1, -0.05) is 0 Å². The van der Waals surface area contributed by atoms with E-state index in [2.05, 4.69) is 10.6 Å². The first-order chi connectivity index (χ1) is 13.1. The number of amides is 1. The van der Waals surface area contributed by atoms with Gasteiger partial charge in [0.15, 0.2) is 0 Å². The third kappa shape index (κ3) is 5.46. The number of carbonyl (C=O) groups excluding carboxylic acids is 1. The van der Waals surface area contributed by atoms with Crippen LogP contribution < -0.4 is 10.6 Å². The minimum atomic E-state index is -4.70. The van der Waals surface area contributed by atoms with E-state index < -0.39 is 28.3 Å². The molecule has 0 aliphatic rings. The zero-order chi connectivity index (χ0) is 20.9. The van der Waals surface area contributed by atoms with Gasteiger partial charge in [0.05, 0.1) is 29.3 Å². The average molecular weight is 400 g/mol. The highest BCUT2D eigenvalue weighted by molar-refractivity contribution is 5.81. The van der Waals surface area contributed by atoms with Crippen LogP contribution >= 0.6 is 0 Å². The van der Waals surface area contributed by atoms with Crippen molar-refractivity contribution in [2.75, 3.05) is 32.5 Å². The Balaban J connectivity index is 1.99. The van der Waals surface area contributed by atoms with Gasteiger partial charge >= 0.3 is 6.18 Å². The molecule has 0 saturated carbocycles. The number of likely N-dealkylation sites (N-methyl/N-ethyl adjacent to an activating group) is 1. The summed E-state index contributed by atoms with van der Waals surface area (Å²) in [6.07, 6.45) is -3.19. The number of nitrogens with zero attached hydrogens (tertiary/aromatic N) is 2. The third-order valence-electron chi connectivity index (χ3n) is 3.95. The van der Waals surface area contributed by atoms with Gasteiger partial charge in [-0.25, -0.2) is 0 Å². The summed E-state index contributed by atoms with van der Waals surface area (Å²) < 4.78 is 43.5. The third-order valence-corrected chi connectivity index (χ3v) is 3.95. The number of nitro groups is 1. The molecule has 2 rings (SSSR count). The minimum Gasteiger partial charge on any atom is -0.468 e. The monoisotopic (exact) mass is 400 g/mol. The lowest BCUT2D eigenvalue weighted by Crippen LogP contribution is -2.37. The van der Waals surface area contributed by atoms with Crippen molar-refractivity contribution in [2.24, 2.45) is 0 Å². The number of rotatable bonds is 8. The molecule has 0 aliphatic heterocycles. The molecular formula is C17H19F3N4O4. The molecule has 11 heteroatoms. The molecule has 2 N–H and O–H groups in total. The van der Waals surface area contributed by atoms with E-state index in [-0.39, 0.29) is 24.8 Å². The van der Waals surface area contributed by atoms with Gasteiger partial charge in [0.25, 0.3) is 5.69 Å². The normalized spacial score (nSPS) is 12.6. The molecule has 0 spiro atoms. The number of hydrogen-bond acceptors (Lipinski definition) is 6. The molecule has 0 aliphatic carbocycles. The van der Waals surface area contributed by atoms with Crippen LogP contribution in [0.5, 0.6) is 0 Å². The summed E-state index contributed by atoms with van der Waals surface area (Å²) in [7, 11) is 3.62. The van der Waals surface area contributed by atoms with Gasteiger partial charge in [0.2, 0.25) is 5.91 Å². The first kappa shape index (κ1) is 21.2. The lowest BCUT2D eigenvalue weighted by atomic mass is 10.1. The minimum absolute atomic E-state index is 0.177. The summed E-state index contributed by atoms with van der Waals surface area (Å²) in [4.78, 5) is 24.0. The number of halogens is 3. The number of nitrogens with one attached hydrogen (secondary N) is 2. The van der Waals surface area contributed by atoms with E-state index in [9.17, 15) is 28.1 Å². The molecule has 1 aromatic carbocycles. The number of nitro benzene ring substituents is 1. The van der Waals surface area contributed by atoms with Crippen LogP contribution in [0.25, 0.3) is 0 Å². The fourth-order valence-electron chi connectivity index (χ4n) is 2.48. The van der Waals surface area contributed by atoms with E-state index in [0.717, 1.165) is 6.07 Å². The van der Waals surface area contributed by atoms with E-state index in [1.165, 1.54) is 6.26 Å². The quantitative estimate of drug-likeness (QED) is 0.522. The van der Waals surface area contributed by atoms with Gasteiger partial charge in [0.1, 0.15) is 11.4 Å². The van der Waals surface area contributed by atoms with Crippen molar-refractivity contribution in [3.63, 3.8) is 0 Å². The van der Waals surface area contributed by atoms with Crippen molar-refractivity contribution in [1.29, 1.82) is 0 Å². The standard InChI is InChI=1S/C17H19F3N4O4/c1-23(2)14(15-4-3-7-28-15)9-22-16(25)10-21-12-6-5-11(17(18,19)20)8-13(12)24(26)27/h3-8,14,21H,9-10H2,1-2H3,(H,22,25)/t14-/m0/s1. The second-order valence-electron chi connectivity index (χ2n) is 6.14. The van der Waals surface area contributed by atoms with Crippen molar-refractivity contribution in [3.8, 4) is 0 Å². The van der Waals surface area contributed by atoms with Crippen LogP contribution in [0.15, 0.2) is 41.0 Å². The van der Waals surface area contributed by atoms with E-state index >= 15 is 0 Å². The highest BCUT2D eigenvalue weighted by Gasteiger charge is 2.33. The number of benzene rings is 1. The summed E-state index contributed by atoms with van der Waals surface area (Å²) in [5, 5.41) is 16.2. The van der Waals surface area contributed by atoms with E-state index in [1.54, 1.807) is 12.1 Å². The fraction of sp³-hybridized carbons (Fsp3) is 0.353. The zero-order valence-corrected chi connectivity index (χ0v) is 15.1. The fourth-order valence-corrected chi connectivity index (χ4v) is 2.48. The topological polar surface area (TPSA) is 101 Å². The van der Waals surface area contributed by atoms with Crippen molar-refractivity contribution < 1.29 is 27.3 Å². The van der Waals surface area contributed by atoms with Gasteiger partial charge in [-0.15, -0.1) is 0 Å². The molecule has 2 aromatic rings. The molecule has 0 unspecified atom stereocenters. The molecule has 1 heterocycles. The van der Waals surface area contributed by atoms with Crippen molar-refractivity contribution in [3.05, 3.63) is 58.0 Å². The first-order valence-electron chi connectivity index (χ1n) is 8.15. The first-order valence-corrected chi connectivity index (χ1v) is 8.15. The van der Waals surface area contributed by atoms with Crippen LogP contribution in [0, 0.1) is 10.1 Å². The van der Waals surface area contributed by atoms with Crippen molar-refractivity contribution >= 4 is 17.3 Å². The maximum absolute atomic E-state index is 12.7. The number of anilines is 1. The number of carbonyl (C=O) groups is 1. The highest BCUT2D eigenvalue weighted by atomic mass is 19.4. The summed E-state index contributed by atoms with van der Waals surface area (Å²) in [6.45, 7) is -0.124. The molecule has 0 radical (unpaired) electrons. The second kappa shape index (κ2) is 8.74. The van der Waals surface area contributed by atoms with E-state index in [0.29, 0.717) is 17.9 Å². The smallest absolute Gasteiger partial charge is 0.416 e. The summed E-state index contributed by atoms with van der Waals surface area (Å²) >= 11 is 0. The molecular weight excluding hydrogens is 381 g/mol. The van der Waals surface area contributed by atoms with Crippen molar-refractivity contribution in [2.45, 2.75) is 12.2 Å². The largest absolute Gasteiger partial charge is 0.468 e. The van der Waals surface area contributed by atoms with Gasteiger partial charge in [0, 0.05) is 12.6 Å². The second-order valence-corrected chi connectivity index (χ2v) is 6.14. The number of hydrogen-bond donors (Lipinski definition) is 2. The molecule has 152 valence electrons. The van der Waals surface area contributed by atoms with Gasteiger partial charge in [-0.05, 0) is 38.4 Å². The Morgan fingerprint density at radius 1 is 1.32 bits per heavy atom. The Kier molecular flexibility index (Phi) is 6.62. The van der Waals surface area contributed by atoms with E-state index in [4.69, 9.17) is 4.42 Å². The molecule has 8 nitrogen and oxygen atoms in total. The van der Waals surface area contributed by atoms with Crippen molar-refractivity contribution in [1.82, 2.24) is 10.2 Å². The Hall–Kier alpha value is -3.08. The highest BCUT2D eigenvalue weighted by Crippen LogP contribution is 2.34. The van der Waals surface area contributed by atoms with Crippen LogP contribution in [0.2, 0.25) is 0 Å². The Labute approximate surface area is 158 Å². The maximum Gasteiger partial charge on any atom is 0.416 e.